The van der Waals surface area contributed by atoms with Crippen LogP contribution in [0.25, 0.3) is 0 Å². The normalized spacial score (nSPS) is 17.1. The molecule has 1 saturated carbocycles. The van der Waals surface area contributed by atoms with Gasteiger partial charge in [0.15, 0.2) is 0 Å². The fourth-order valence-electron chi connectivity index (χ4n) is 3.00. The number of hydrogen-bond acceptors (Lipinski definition) is 3. The zero-order chi connectivity index (χ0) is 14.4. The first-order valence-corrected chi connectivity index (χ1v) is 7.45. The van der Waals surface area contributed by atoms with Gasteiger partial charge in [-0.2, -0.15) is 0 Å². The Labute approximate surface area is 120 Å². The third-order valence-corrected chi connectivity index (χ3v) is 3.97. The zero-order valence-corrected chi connectivity index (χ0v) is 12.1. The van der Waals surface area contributed by atoms with Crippen molar-refractivity contribution in [3.63, 3.8) is 0 Å². The molecule has 1 unspecified atom stereocenters. The minimum absolute atomic E-state index is 0.0951. The topological polar surface area (TPSA) is 53.8 Å². The van der Waals surface area contributed by atoms with Gasteiger partial charge in [-0.3, -0.25) is 0 Å². The molecule has 4 heteroatoms. The minimum atomic E-state index is -0.960. The van der Waals surface area contributed by atoms with Crippen molar-refractivity contribution in [2.24, 2.45) is 0 Å². The second-order valence-corrected chi connectivity index (χ2v) is 5.44. The van der Waals surface area contributed by atoms with Crippen LogP contribution in [-0.4, -0.2) is 25.2 Å². The Morgan fingerprint density at radius 1 is 1.30 bits per heavy atom. The minimum Gasteiger partial charge on any atom is -0.544 e. The van der Waals surface area contributed by atoms with Crippen LogP contribution >= 0.6 is 0 Å². The van der Waals surface area contributed by atoms with E-state index in [-0.39, 0.29) is 6.54 Å². The van der Waals surface area contributed by atoms with E-state index in [1.165, 1.54) is 12.8 Å². The lowest BCUT2D eigenvalue weighted by molar-refractivity contribution is -0.932. The fourth-order valence-corrected chi connectivity index (χ4v) is 3.00. The molecule has 1 N–H and O–H groups in total. The van der Waals surface area contributed by atoms with Crippen molar-refractivity contribution in [2.75, 3.05) is 13.2 Å². The molecule has 110 valence electrons. The van der Waals surface area contributed by atoms with E-state index in [0.717, 1.165) is 35.6 Å². The number of hydrogen-bond donors (Lipinski definition) is 1. The highest BCUT2D eigenvalue weighted by atomic mass is 16.5. The number of aliphatic carboxylic acids is 1. The summed E-state index contributed by atoms with van der Waals surface area (Å²) in [5.41, 5.74) is 1.15. The van der Waals surface area contributed by atoms with Crippen LogP contribution in [0.3, 0.4) is 0 Å². The van der Waals surface area contributed by atoms with Crippen molar-refractivity contribution in [3.05, 3.63) is 29.8 Å². The predicted octanol–water partition coefficient (Wildman–Crippen LogP) is 0.163. The molecular weight excluding hydrogens is 254 g/mol. The molecule has 0 heterocycles. The number of carbonyl (C=O) groups is 1. The maximum absolute atomic E-state index is 10.9. The lowest BCUT2D eigenvalue weighted by Gasteiger charge is -2.26. The molecule has 1 aromatic rings. The van der Waals surface area contributed by atoms with E-state index in [1.54, 1.807) is 0 Å². The Bertz CT molecular complexity index is 424. The van der Waals surface area contributed by atoms with Crippen LogP contribution in [0.1, 0.15) is 38.2 Å². The van der Waals surface area contributed by atoms with Crippen molar-refractivity contribution in [3.8, 4) is 5.75 Å². The number of benzene rings is 1. The summed E-state index contributed by atoms with van der Waals surface area (Å²) in [5.74, 6) is -0.101. The SMILES string of the molecule is CCOc1ccc(C[NH+](CC(=O)[O-])C2CCCC2)cc1. The number of carboxylic acids is 1. The highest BCUT2D eigenvalue weighted by Gasteiger charge is 2.26. The van der Waals surface area contributed by atoms with Crippen molar-refractivity contribution in [2.45, 2.75) is 45.2 Å². The van der Waals surface area contributed by atoms with Gasteiger partial charge in [0.25, 0.3) is 0 Å². The van der Waals surface area contributed by atoms with Crippen LogP contribution < -0.4 is 14.7 Å². The number of quaternary nitrogens is 1. The molecule has 0 spiro atoms. The molecule has 1 atom stereocenters. The molecule has 1 fully saturated rings. The van der Waals surface area contributed by atoms with Gasteiger partial charge in [0.2, 0.25) is 0 Å². The van der Waals surface area contributed by atoms with Crippen molar-refractivity contribution in [1.29, 1.82) is 0 Å². The van der Waals surface area contributed by atoms with Gasteiger partial charge in [0.05, 0.1) is 18.6 Å². The maximum Gasteiger partial charge on any atom is 0.119 e. The molecule has 0 aliphatic heterocycles. The van der Waals surface area contributed by atoms with E-state index in [9.17, 15) is 9.90 Å². The van der Waals surface area contributed by atoms with E-state index in [0.29, 0.717) is 12.6 Å². The smallest absolute Gasteiger partial charge is 0.119 e. The Morgan fingerprint density at radius 3 is 2.50 bits per heavy atom. The monoisotopic (exact) mass is 277 g/mol. The lowest BCUT2D eigenvalue weighted by atomic mass is 10.1. The molecule has 0 bridgehead atoms. The summed E-state index contributed by atoms with van der Waals surface area (Å²) in [6.07, 6.45) is 4.67. The third-order valence-electron chi connectivity index (χ3n) is 3.97. The largest absolute Gasteiger partial charge is 0.544 e. The second-order valence-electron chi connectivity index (χ2n) is 5.44. The fraction of sp³-hybridized carbons (Fsp3) is 0.562. The summed E-state index contributed by atoms with van der Waals surface area (Å²) in [6.45, 7) is 3.45. The third kappa shape index (κ3) is 4.23. The van der Waals surface area contributed by atoms with Gasteiger partial charge in [-0.25, -0.2) is 0 Å². The highest BCUT2D eigenvalue weighted by molar-refractivity contribution is 5.65. The van der Waals surface area contributed by atoms with Crippen LogP contribution in [0.2, 0.25) is 0 Å². The zero-order valence-electron chi connectivity index (χ0n) is 12.1. The molecule has 0 saturated heterocycles. The molecule has 0 amide bonds. The van der Waals surface area contributed by atoms with Crippen LogP contribution in [0.5, 0.6) is 5.75 Å². The van der Waals surface area contributed by atoms with Gasteiger partial charge in [0.1, 0.15) is 18.8 Å². The molecule has 2 rings (SSSR count). The molecule has 1 aliphatic carbocycles. The quantitative estimate of drug-likeness (QED) is 0.772. The molecule has 0 radical (unpaired) electrons. The summed E-state index contributed by atoms with van der Waals surface area (Å²) in [7, 11) is 0. The Balaban J connectivity index is 2.00. The van der Waals surface area contributed by atoms with E-state index >= 15 is 0 Å². The lowest BCUT2D eigenvalue weighted by Crippen LogP contribution is -3.15. The first-order valence-electron chi connectivity index (χ1n) is 7.45. The molecule has 1 aromatic carbocycles. The predicted molar refractivity (Wildman–Crippen MR) is 74.4 cm³/mol. The van der Waals surface area contributed by atoms with Gasteiger partial charge in [0, 0.05) is 5.56 Å². The average molecular weight is 277 g/mol. The summed E-state index contributed by atoms with van der Waals surface area (Å²) >= 11 is 0. The number of ether oxygens (including phenoxy) is 1. The Morgan fingerprint density at radius 2 is 1.95 bits per heavy atom. The van der Waals surface area contributed by atoms with Gasteiger partial charge in [-0.15, -0.1) is 0 Å². The summed E-state index contributed by atoms with van der Waals surface area (Å²) < 4.78 is 5.42. The van der Waals surface area contributed by atoms with Gasteiger partial charge >= 0.3 is 0 Å². The maximum atomic E-state index is 10.9. The molecule has 4 nitrogen and oxygen atoms in total. The van der Waals surface area contributed by atoms with Crippen LogP contribution in [0, 0.1) is 0 Å². The van der Waals surface area contributed by atoms with Gasteiger partial charge in [-0.1, -0.05) is 0 Å². The van der Waals surface area contributed by atoms with Gasteiger partial charge < -0.3 is 19.5 Å². The average Bonchev–Trinajstić information content (AvgIpc) is 2.94. The summed E-state index contributed by atoms with van der Waals surface area (Å²) in [6, 6.07) is 8.40. The Kier molecular flexibility index (Phi) is 5.41. The molecule has 1 aliphatic rings. The van der Waals surface area contributed by atoms with Crippen molar-refractivity contribution in [1.82, 2.24) is 0 Å². The van der Waals surface area contributed by atoms with E-state index in [2.05, 4.69) is 0 Å². The first-order chi connectivity index (χ1) is 9.69. The molecule has 0 aromatic heterocycles. The van der Waals surface area contributed by atoms with E-state index in [1.807, 2.05) is 31.2 Å². The number of nitrogens with one attached hydrogen (secondary N) is 1. The highest BCUT2D eigenvalue weighted by Crippen LogP contribution is 2.16. The standard InChI is InChI=1S/C16H23NO3/c1-2-20-15-9-7-13(8-10-15)11-17(12-16(18)19)14-5-3-4-6-14/h7-10,14H,2-6,11-12H2,1H3,(H,18,19). The molecular formula is C16H23NO3. The van der Waals surface area contributed by atoms with Crippen LogP contribution in [-0.2, 0) is 11.3 Å². The second kappa shape index (κ2) is 7.29. The number of carbonyl (C=O) groups excluding carboxylic acids is 1. The van der Waals surface area contributed by atoms with Gasteiger partial charge in [-0.05, 0) is 56.9 Å². The van der Waals surface area contributed by atoms with Crippen LogP contribution in [0.4, 0.5) is 0 Å². The van der Waals surface area contributed by atoms with Crippen molar-refractivity contribution >= 4 is 5.97 Å². The van der Waals surface area contributed by atoms with E-state index in [4.69, 9.17) is 4.74 Å². The number of rotatable bonds is 7. The van der Waals surface area contributed by atoms with Crippen LogP contribution in [0.15, 0.2) is 24.3 Å². The summed E-state index contributed by atoms with van der Waals surface area (Å²) in [4.78, 5) is 12.1. The molecule has 20 heavy (non-hydrogen) atoms. The van der Waals surface area contributed by atoms with E-state index < -0.39 is 5.97 Å². The Hall–Kier alpha value is -1.55. The first kappa shape index (κ1) is 14.9. The number of carboxylic acid groups (broad SMARTS) is 1. The van der Waals surface area contributed by atoms with Crippen molar-refractivity contribution < 1.29 is 19.5 Å². The summed E-state index contributed by atoms with van der Waals surface area (Å²) in [5, 5.41) is 10.9.